The first kappa shape index (κ1) is 16.1. The Kier molecular flexibility index (Phi) is 5.38. The first-order valence-corrected chi connectivity index (χ1v) is 8.80. The maximum atomic E-state index is 11.9. The molecule has 1 saturated heterocycles. The van der Waals surface area contributed by atoms with Gasteiger partial charge in [0.25, 0.3) is 0 Å². The van der Waals surface area contributed by atoms with Gasteiger partial charge in [-0.05, 0) is 17.9 Å². The number of likely N-dealkylation sites (tertiary alicyclic amines) is 1. The fraction of sp³-hybridized carbons (Fsp3) is 0.412. The Balaban J connectivity index is 1.44. The number of nitrogens with two attached hydrogens (primary N) is 1. The molecule has 1 aromatic carbocycles. The topological polar surface area (TPSA) is 71.2 Å². The molecule has 5 nitrogen and oxygen atoms in total. The van der Waals surface area contributed by atoms with E-state index in [1.807, 2.05) is 11.4 Å². The van der Waals surface area contributed by atoms with Crippen molar-refractivity contribution < 1.29 is 4.79 Å². The highest BCUT2D eigenvalue weighted by Crippen LogP contribution is 2.22. The normalized spacial score (nSPS) is 21.4. The number of thiazole rings is 1. The Hall–Kier alpha value is -1.76. The van der Waals surface area contributed by atoms with Gasteiger partial charge in [0.05, 0.1) is 0 Å². The monoisotopic (exact) mass is 330 g/mol. The van der Waals surface area contributed by atoms with Crippen molar-refractivity contribution in [2.75, 3.05) is 18.4 Å². The van der Waals surface area contributed by atoms with Gasteiger partial charge in [0.2, 0.25) is 5.91 Å². The number of hydrogen-bond donors (Lipinski definition) is 2. The van der Waals surface area contributed by atoms with E-state index in [0.717, 1.165) is 26.1 Å². The average molecular weight is 330 g/mol. The predicted octanol–water partition coefficient (Wildman–Crippen LogP) is 2.32. The van der Waals surface area contributed by atoms with Crippen molar-refractivity contribution in [1.82, 2.24) is 9.88 Å². The van der Waals surface area contributed by atoms with Crippen LogP contribution in [0.2, 0.25) is 0 Å². The zero-order chi connectivity index (χ0) is 16.1. The second kappa shape index (κ2) is 7.68. The molecule has 1 aromatic heterocycles. The first-order valence-electron chi connectivity index (χ1n) is 7.92. The first-order chi connectivity index (χ1) is 11.2. The minimum absolute atomic E-state index is 0.0219. The molecule has 1 aliphatic heterocycles. The quantitative estimate of drug-likeness (QED) is 0.853. The number of amides is 1. The summed E-state index contributed by atoms with van der Waals surface area (Å²) in [6.45, 7) is 2.78. The third-order valence-electron chi connectivity index (χ3n) is 4.24. The van der Waals surface area contributed by atoms with E-state index >= 15 is 0 Å². The highest BCUT2D eigenvalue weighted by molar-refractivity contribution is 7.13. The lowest BCUT2D eigenvalue weighted by Crippen LogP contribution is -2.30. The van der Waals surface area contributed by atoms with Gasteiger partial charge in [0.1, 0.15) is 0 Å². The van der Waals surface area contributed by atoms with Gasteiger partial charge in [-0.15, -0.1) is 11.3 Å². The minimum Gasteiger partial charge on any atom is -0.326 e. The van der Waals surface area contributed by atoms with Gasteiger partial charge < -0.3 is 11.1 Å². The largest absolute Gasteiger partial charge is 0.326 e. The van der Waals surface area contributed by atoms with Crippen LogP contribution in [-0.2, 0) is 11.3 Å². The minimum atomic E-state index is 0.0219. The molecule has 1 aliphatic rings. The van der Waals surface area contributed by atoms with Crippen LogP contribution in [0.3, 0.4) is 0 Å². The Bertz CT molecular complexity index is 617. The van der Waals surface area contributed by atoms with Crippen LogP contribution in [-0.4, -0.2) is 34.9 Å². The number of aromatic nitrogens is 1. The van der Waals surface area contributed by atoms with Gasteiger partial charge in [-0.1, -0.05) is 30.3 Å². The molecule has 2 heterocycles. The molecule has 0 spiro atoms. The molecule has 2 atom stereocenters. The van der Waals surface area contributed by atoms with Crippen LogP contribution in [0.25, 0.3) is 0 Å². The fourth-order valence-electron chi connectivity index (χ4n) is 3.05. The zero-order valence-corrected chi connectivity index (χ0v) is 13.8. The third-order valence-corrected chi connectivity index (χ3v) is 4.93. The lowest BCUT2D eigenvalue weighted by molar-refractivity contribution is -0.116. The molecule has 1 amide bonds. The lowest BCUT2D eigenvalue weighted by Gasteiger charge is -2.15. The van der Waals surface area contributed by atoms with Crippen LogP contribution in [0.15, 0.2) is 41.9 Å². The molecule has 0 bridgehead atoms. The summed E-state index contributed by atoms with van der Waals surface area (Å²) in [7, 11) is 0. The second-order valence-corrected chi connectivity index (χ2v) is 6.92. The van der Waals surface area contributed by atoms with Crippen LogP contribution in [0, 0.1) is 5.92 Å². The van der Waals surface area contributed by atoms with Crippen LogP contribution >= 0.6 is 11.3 Å². The van der Waals surface area contributed by atoms with Crippen molar-refractivity contribution in [2.45, 2.75) is 25.4 Å². The van der Waals surface area contributed by atoms with E-state index in [1.165, 1.54) is 16.9 Å². The smallest absolute Gasteiger partial charge is 0.226 e. The molecular formula is C17H22N4OS. The van der Waals surface area contributed by atoms with Gasteiger partial charge in [0.15, 0.2) is 5.13 Å². The van der Waals surface area contributed by atoms with Gasteiger partial charge >= 0.3 is 0 Å². The third kappa shape index (κ3) is 4.60. The molecule has 122 valence electrons. The summed E-state index contributed by atoms with van der Waals surface area (Å²) in [5, 5.41) is 5.34. The van der Waals surface area contributed by atoms with Gasteiger partial charge in [-0.2, -0.15) is 0 Å². The van der Waals surface area contributed by atoms with E-state index in [1.54, 1.807) is 6.20 Å². The van der Waals surface area contributed by atoms with Gasteiger partial charge in [-0.3, -0.25) is 9.69 Å². The Morgan fingerprint density at radius 1 is 1.35 bits per heavy atom. The van der Waals surface area contributed by atoms with Crippen LogP contribution < -0.4 is 11.1 Å². The standard InChI is InChI=1S/C17H22N4OS/c18-15-12-21(10-13-4-2-1-3-5-13)11-14(15)6-7-16(22)20-17-19-8-9-23-17/h1-5,8-9,14-15H,6-7,10-12,18H2,(H,19,20,22)/t14-,15+/m1/s1. The predicted molar refractivity (Wildman–Crippen MR) is 93.2 cm³/mol. The van der Waals surface area contributed by atoms with E-state index in [0.29, 0.717) is 17.5 Å². The van der Waals surface area contributed by atoms with Crippen molar-refractivity contribution in [3.05, 3.63) is 47.5 Å². The molecule has 6 heteroatoms. The summed E-state index contributed by atoms with van der Waals surface area (Å²) in [6.07, 6.45) is 3.01. The Morgan fingerprint density at radius 2 is 2.17 bits per heavy atom. The van der Waals surface area contributed by atoms with Crippen LogP contribution in [0.5, 0.6) is 0 Å². The molecule has 2 aromatic rings. The maximum Gasteiger partial charge on any atom is 0.226 e. The van der Waals surface area contributed by atoms with Crippen LogP contribution in [0.1, 0.15) is 18.4 Å². The van der Waals surface area contributed by atoms with Crippen molar-refractivity contribution in [3.8, 4) is 0 Å². The maximum absolute atomic E-state index is 11.9. The van der Waals surface area contributed by atoms with E-state index in [4.69, 9.17) is 5.73 Å². The summed E-state index contributed by atoms with van der Waals surface area (Å²) in [4.78, 5) is 18.4. The van der Waals surface area contributed by atoms with Crippen LogP contribution in [0.4, 0.5) is 5.13 Å². The summed E-state index contributed by atoms with van der Waals surface area (Å²) in [5.41, 5.74) is 7.57. The van der Waals surface area contributed by atoms with Crippen molar-refractivity contribution >= 4 is 22.4 Å². The van der Waals surface area contributed by atoms with Crippen molar-refractivity contribution in [3.63, 3.8) is 0 Å². The number of hydrogen-bond acceptors (Lipinski definition) is 5. The summed E-state index contributed by atoms with van der Waals surface area (Å²) in [6, 6.07) is 10.6. The highest BCUT2D eigenvalue weighted by Gasteiger charge is 2.30. The van der Waals surface area contributed by atoms with E-state index < -0.39 is 0 Å². The van der Waals surface area contributed by atoms with Crippen molar-refractivity contribution in [2.24, 2.45) is 11.7 Å². The molecule has 0 radical (unpaired) electrons. The molecule has 1 fully saturated rings. The molecule has 0 aliphatic carbocycles. The number of carbonyl (C=O) groups is 1. The molecular weight excluding hydrogens is 308 g/mol. The van der Waals surface area contributed by atoms with Crippen molar-refractivity contribution in [1.29, 1.82) is 0 Å². The lowest BCUT2D eigenvalue weighted by atomic mass is 9.98. The van der Waals surface area contributed by atoms with Gasteiger partial charge in [0, 0.05) is 43.7 Å². The molecule has 23 heavy (non-hydrogen) atoms. The van der Waals surface area contributed by atoms with E-state index in [2.05, 4.69) is 39.5 Å². The number of benzene rings is 1. The summed E-state index contributed by atoms with van der Waals surface area (Å²) >= 11 is 1.44. The SMILES string of the molecule is N[C@H]1CN(Cc2ccccc2)C[C@H]1CCC(=O)Nc1nccs1. The Morgan fingerprint density at radius 3 is 2.91 bits per heavy atom. The molecule has 0 unspecified atom stereocenters. The number of anilines is 1. The number of rotatable bonds is 6. The fourth-order valence-corrected chi connectivity index (χ4v) is 3.59. The molecule has 0 saturated carbocycles. The second-order valence-electron chi connectivity index (χ2n) is 6.03. The number of nitrogens with one attached hydrogen (secondary N) is 1. The highest BCUT2D eigenvalue weighted by atomic mass is 32.1. The zero-order valence-electron chi connectivity index (χ0n) is 13.0. The number of carbonyl (C=O) groups excluding carboxylic acids is 1. The summed E-state index contributed by atoms with van der Waals surface area (Å²) in [5.74, 6) is 0.398. The average Bonchev–Trinajstić information content (AvgIpc) is 3.16. The van der Waals surface area contributed by atoms with E-state index in [-0.39, 0.29) is 11.9 Å². The summed E-state index contributed by atoms with van der Waals surface area (Å²) < 4.78 is 0. The van der Waals surface area contributed by atoms with Gasteiger partial charge in [-0.25, -0.2) is 4.98 Å². The molecule has 3 rings (SSSR count). The molecule has 3 N–H and O–H groups in total. The number of nitrogens with zero attached hydrogens (tertiary/aromatic N) is 2. The van der Waals surface area contributed by atoms with E-state index in [9.17, 15) is 4.79 Å². The Labute approximate surface area is 140 Å².